The van der Waals surface area contributed by atoms with Crippen LogP contribution in [0.15, 0.2) is 60.7 Å². The first-order valence-corrected chi connectivity index (χ1v) is 18.4. The van der Waals surface area contributed by atoms with Crippen LogP contribution in [0.5, 0.6) is 46.0 Å². The normalized spacial score (nSPS) is 12.1. The van der Waals surface area contributed by atoms with Gasteiger partial charge in [-0.25, -0.2) is 0 Å². The average Bonchev–Trinajstić information content (AvgIpc) is 3.21. The molecule has 2 atom stereocenters. The number of benzene rings is 4. The highest BCUT2D eigenvalue weighted by atomic mass is 16.5. The Kier molecular flexibility index (Phi) is 16.5. The molecule has 0 saturated carbocycles. The van der Waals surface area contributed by atoms with Gasteiger partial charge in [0.15, 0.2) is 23.0 Å². The summed E-state index contributed by atoms with van der Waals surface area (Å²) in [5, 5.41) is 20.6. The summed E-state index contributed by atoms with van der Waals surface area (Å²) in [5.74, 6) is 5.39. The molecule has 54 heavy (non-hydrogen) atoms. The van der Waals surface area contributed by atoms with Crippen LogP contribution in [-0.2, 0) is 38.5 Å². The summed E-state index contributed by atoms with van der Waals surface area (Å²) in [4.78, 5) is 0. The maximum atomic E-state index is 10.8. The minimum Gasteiger partial charge on any atom is -0.496 e. The first-order chi connectivity index (χ1) is 26.3. The molecule has 0 aliphatic rings. The van der Waals surface area contributed by atoms with Crippen LogP contribution in [0.4, 0.5) is 0 Å². The van der Waals surface area contributed by atoms with Crippen molar-refractivity contribution in [2.75, 3.05) is 70.1 Å². The highest BCUT2D eigenvalue weighted by molar-refractivity contribution is 5.55. The van der Waals surface area contributed by atoms with Crippen molar-refractivity contribution in [3.05, 3.63) is 94.0 Å². The second-order valence-electron chi connectivity index (χ2n) is 13.3. The number of aliphatic hydroxyl groups is 2. The number of aryl methyl sites for hydroxylation is 4. The topological polar surface area (TPSA) is 114 Å². The quantitative estimate of drug-likeness (QED) is 0.0815. The molecule has 0 aliphatic heterocycles. The largest absolute Gasteiger partial charge is 0.496 e. The smallest absolute Gasteiger partial charge is 0.203 e. The van der Waals surface area contributed by atoms with Crippen molar-refractivity contribution in [2.45, 2.75) is 51.4 Å². The van der Waals surface area contributed by atoms with Gasteiger partial charge in [-0.05, 0) is 133 Å². The molecule has 0 aliphatic carbocycles. The van der Waals surface area contributed by atoms with Gasteiger partial charge >= 0.3 is 0 Å². The SMILES string of the molecule is COc1ccc(C[C@@H](CO)[C@H](CCCO)Cc2ccc(OC)c(CCc3cc(OC)c(OC)c(OC)c3)c2)cc1CCc1cc(OC)c(OC)c(OC)c1. The molecule has 0 unspecified atom stereocenters. The Hall–Kier alpha value is -4.80. The second kappa shape index (κ2) is 21.2. The fourth-order valence-corrected chi connectivity index (χ4v) is 7.27. The van der Waals surface area contributed by atoms with Gasteiger partial charge in [0.05, 0.1) is 56.9 Å². The van der Waals surface area contributed by atoms with Crippen molar-refractivity contribution >= 4 is 0 Å². The van der Waals surface area contributed by atoms with Gasteiger partial charge in [-0.3, -0.25) is 0 Å². The van der Waals surface area contributed by atoms with E-state index >= 15 is 0 Å². The fourth-order valence-electron chi connectivity index (χ4n) is 7.27. The second-order valence-corrected chi connectivity index (χ2v) is 13.3. The molecule has 0 radical (unpaired) electrons. The third-order valence-corrected chi connectivity index (χ3v) is 10.1. The highest BCUT2D eigenvalue weighted by Gasteiger charge is 2.23. The summed E-state index contributed by atoms with van der Waals surface area (Å²) in [6.45, 7) is 0.137. The van der Waals surface area contributed by atoms with Crippen molar-refractivity contribution in [1.29, 1.82) is 0 Å². The third kappa shape index (κ3) is 10.7. The number of hydrogen-bond acceptors (Lipinski definition) is 10. The summed E-state index contributed by atoms with van der Waals surface area (Å²) in [5.41, 5.74) is 6.58. The summed E-state index contributed by atoms with van der Waals surface area (Å²) in [7, 11) is 13.0. The Labute approximate surface area is 320 Å². The summed E-state index contributed by atoms with van der Waals surface area (Å²) in [6, 6.07) is 20.6. The van der Waals surface area contributed by atoms with Gasteiger partial charge in [-0.1, -0.05) is 24.3 Å². The molecule has 0 heterocycles. The molecule has 4 rings (SSSR count). The maximum Gasteiger partial charge on any atom is 0.203 e. The van der Waals surface area contributed by atoms with Gasteiger partial charge in [0.2, 0.25) is 11.5 Å². The first-order valence-electron chi connectivity index (χ1n) is 18.4. The van der Waals surface area contributed by atoms with Crippen LogP contribution in [0, 0.1) is 11.8 Å². The monoisotopic (exact) mass is 746 g/mol. The van der Waals surface area contributed by atoms with E-state index in [0.717, 1.165) is 83.4 Å². The Morgan fingerprint density at radius 1 is 0.426 bits per heavy atom. The van der Waals surface area contributed by atoms with E-state index in [2.05, 4.69) is 24.3 Å². The molecule has 4 aromatic rings. The molecular formula is C44H58O10. The Balaban J connectivity index is 1.53. The lowest BCUT2D eigenvalue weighted by molar-refractivity contribution is 0.158. The van der Waals surface area contributed by atoms with Crippen LogP contribution in [-0.4, -0.2) is 80.3 Å². The Morgan fingerprint density at radius 2 is 0.815 bits per heavy atom. The molecule has 10 nitrogen and oxygen atoms in total. The van der Waals surface area contributed by atoms with Crippen LogP contribution in [0.2, 0.25) is 0 Å². The molecule has 4 aromatic carbocycles. The van der Waals surface area contributed by atoms with E-state index in [-0.39, 0.29) is 25.0 Å². The molecule has 0 bridgehead atoms. The highest BCUT2D eigenvalue weighted by Crippen LogP contribution is 2.40. The van der Waals surface area contributed by atoms with Gasteiger partial charge in [0.25, 0.3) is 0 Å². The molecule has 2 N–H and O–H groups in total. The molecule has 0 spiro atoms. The fraction of sp³-hybridized carbons (Fsp3) is 0.455. The summed E-state index contributed by atoms with van der Waals surface area (Å²) in [6.07, 6.45) is 5.85. The van der Waals surface area contributed by atoms with Crippen molar-refractivity contribution in [3.63, 3.8) is 0 Å². The lowest BCUT2D eigenvalue weighted by Gasteiger charge is -2.27. The Bertz CT molecular complexity index is 1720. The minimum absolute atomic E-state index is 0.0160. The van der Waals surface area contributed by atoms with Crippen molar-refractivity contribution in [3.8, 4) is 46.0 Å². The summed E-state index contributed by atoms with van der Waals surface area (Å²) < 4.78 is 44.8. The van der Waals surface area contributed by atoms with Crippen LogP contribution in [0.1, 0.15) is 46.2 Å². The van der Waals surface area contributed by atoms with Gasteiger partial charge in [-0.15, -0.1) is 0 Å². The van der Waals surface area contributed by atoms with E-state index in [1.807, 2.05) is 36.4 Å². The average molecular weight is 747 g/mol. The van der Waals surface area contributed by atoms with Gasteiger partial charge in [-0.2, -0.15) is 0 Å². The zero-order chi connectivity index (χ0) is 39.0. The predicted octanol–water partition coefficient (Wildman–Crippen LogP) is 7.11. The molecule has 0 fully saturated rings. The van der Waals surface area contributed by atoms with E-state index in [1.165, 1.54) is 0 Å². The van der Waals surface area contributed by atoms with Crippen molar-refractivity contribution < 1.29 is 48.1 Å². The first kappa shape index (κ1) is 41.9. The van der Waals surface area contributed by atoms with Crippen LogP contribution < -0.4 is 37.9 Å². The van der Waals surface area contributed by atoms with Crippen LogP contribution in [0.25, 0.3) is 0 Å². The van der Waals surface area contributed by atoms with E-state index in [9.17, 15) is 10.2 Å². The minimum atomic E-state index is -0.0160. The molecule has 294 valence electrons. The number of methoxy groups -OCH3 is 8. The zero-order valence-corrected chi connectivity index (χ0v) is 33.2. The standard InChI is InChI=1S/C44H58O10/c1-47-37-17-13-29(21-34(37)15-11-31-24-39(49-3)43(53-7)40(25-31)50-4)20-33(10-9-19-45)36(28-46)23-30-14-18-38(48-2)35(22-30)16-12-32-26-41(51-5)44(54-8)42(27-32)52-6/h13-14,17-18,21-22,24-27,33,36,45-46H,9-12,15-16,19-20,23,28H2,1-8H3/t33-,36+/m1/s1. The molecule has 0 aromatic heterocycles. The summed E-state index contributed by atoms with van der Waals surface area (Å²) >= 11 is 0. The van der Waals surface area contributed by atoms with Gasteiger partial charge < -0.3 is 48.1 Å². The van der Waals surface area contributed by atoms with Crippen molar-refractivity contribution in [1.82, 2.24) is 0 Å². The maximum absolute atomic E-state index is 10.8. The number of aliphatic hydroxyl groups excluding tert-OH is 2. The van der Waals surface area contributed by atoms with E-state index in [0.29, 0.717) is 47.3 Å². The van der Waals surface area contributed by atoms with Gasteiger partial charge in [0, 0.05) is 13.2 Å². The van der Waals surface area contributed by atoms with Gasteiger partial charge in [0.1, 0.15) is 11.5 Å². The third-order valence-electron chi connectivity index (χ3n) is 10.1. The van der Waals surface area contributed by atoms with E-state index in [1.54, 1.807) is 56.9 Å². The van der Waals surface area contributed by atoms with E-state index < -0.39 is 0 Å². The lowest BCUT2D eigenvalue weighted by atomic mass is 9.80. The number of rotatable bonds is 23. The molecule has 0 amide bonds. The lowest BCUT2D eigenvalue weighted by Crippen LogP contribution is -2.24. The Morgan fingerprint density at radius 3 is 1.15 bits per heavy atom. The number of ether oxygens (including phenoxy) is 8. The van der Waals surface area contributed by atoms with Crippen LogP contribution in [0.3, 0.4) is 0 Å². The van der Waals surface area contributed by atoms with Crippen LogP contribution >= 0.6 is 0 Å². The molecule has 0 saturated heterocycles. The predicted molar refractivity (Wildman–Crippen MR) is 211 cm³/mol. The van der Waals surface area contributed by atoms with Crippen molar-refractivity contribution in [2.24, 2.45) is 11.8 Å². The zero-order valence-electron chi connectivity index (χ0n) is 33.2. The number of hydrogen-bond donors (Lipinski definition) is 2. The molecule has 10 heteroatoms. The molecular weight excluding hydrogens is 688 g/mol. The van der Waals surface area contributed by atoms with E-state index in [4.69, 9.17) is 37.9 Å².